The maximum atomic E-state index is 13.6. The van der Waals surface area contributed by atoms with Crippen LogP contribution in [0.2, 0.25) is 10.0 Å². The second-order valence-electron chi connectivity index (χ2n) is 8.86. The van der Waals surface area contributed by atoms with Crippen molar-refractivity contribution in [3.63, 3.8) is 0 Å². The predicted octanol–water partition coefficient (Wildman–Crippen LogP) is 10.3. The summed E-state index contributed by atoms with van der Waals surface area (Å²) in [6.07, 6.45) is 1.69. The largest absolute Gasteiger partial charge is 0.262 e. The summed E-state index contributed by atoms with van der Waals surface area (Å²) >= 11 is 11.7. The van der Waals surface area contributed by atoms with E-state index in [4.69, 9.17) is 28.5 Å². The summed E-state index contributed by atoms with van der Waals surface area (Å²) in [7, 11) is 0. The fourth-order valence-electron chi connectivity index (χ4n) is 3.72. The van der Waals surface area contributed by atoms with Gasteiger partial charge in [-0.1, -0.05) is 65.7 Å². The van der Waals surface area contributed by atoms with Gasteiger partial charge in [-0.25, -0.2) is 13.2 Å². The molecule has 0 N–H and O–H groups in total. The smallest absolute Gasteiger partial charge is 0.134 e. The Labute approximate surface area is 242 Å². The van der Waals surface area contributed by atoms with Gasteiger partial charge in [0.2, 0.25) is 0 Å². The predicted molar refractivity (Wildman–Crippen MR) is 157 cm³/mol. The Morgan fingerprint density at radius 1 is 0.650 bits per heavy atom. The lowest BCUT2D eigenvalue weighted by molar-refractivity contribution is 0.582. The number of benzene rings is 4. The van der Waals surface area contributed by atoms with Crippen molar-refractivity contribution in [2.75, 3.05) is 0 Å². The second-order valence-corrected chi connectivity index (χ2v) is 9.71. The van der Waals surface area contributed by atoms with Gasteiger partial charge in [0.25, 0.3) is 0 Å². The Morgan fingerprint density at radius 2 is 1.25 bits per heavy atom. The molecule has 0 radical (unpaired) electrons. The number of pyridine rings is 1. The van der Waals surface area contributed by atoms with E-state index in [1.54, 1.807) is 25.3 Å². The summed E-state index contributed by atoms with van der Waals surface area (Å²) in [5.41, 5.74) is 5.45. The highest BCUT2D eigenvalue weighted by molar-refractivity contribution is 6.33. The van der Waals surface area contributed by atoms with Gasteiger partial charge < -0.3 is 0 Å². The molecule has 0 unspecified atom stereocenters. The molecule has 0 fully saturated rings. The summed E-state index contributed by atoms with van der Waals surface area (Å²) in [4.78, 5) is 3.96. The van der Waals surface area contributed by atoms with Gasteiger partial charge in [0.1, 0.15) is 17.5 Å². The van der Waals surface area contributed by atoms with Crippen LogP contribution in [0, 0.1) is 49.6 Å². The van der Waals surface area contributed by atoms with Crippen LogP contribution in [0.1, 0.15) is 22.4 Å². The molecule has 202 valence electrons. The van der Waals surface area contributed by atoms with E-state index in [-0.39, 0.29) is 11.1 Å². The first-order valence-corrected chi connectivity index (χ1v) is 12.9. The molecule has 1 heterocycles. The van der Waals surface area contributed by atoms with Crippen LogP contribution in [-0.4, -0.2) is 4.98 Å². The molecule has 0 bridgehead atoms. The number of aromatic nitrogens is 1. The molecule has 0 saturated heterocycles. The lowest BCUT2D eigenvalue weighted by Crippen LogP contribution is -1.90. The number of nitriles is 1. The number of aryl methyl sites for hydroxylation is 3. The number of nitrogens with zero attached hydrogens (tertiary/aromatic N) is 2. The van der Waals surface area contributed by atoms with Crippen LogP contribution in [0.3, 0.4) is 0 Å². The third kappa shape index (κ3) is 8.44. The van der Waals surface area contributed by atoms with Gasteiger partial charge in [-0.2, -0.15) is 5.26 Å². The Balaban J connectivity index is 0.000000175. The van der Waals surface area contributed by atoms with E-state index >= 15 is 0 Å². The minimum absolute atomic E-state index is 0.0684. The zero-order valence-corrected chi connectivity index (χ0v) is 23.5. The van der Waals surface area contributed by atoms with Gasteiger partial charge in [0.15, 0.2) is 0 Å². The molecule has 5 rings (SSSR count). The number of hydrogen-bond donors (Lipinski definition) is 0. The third-order valence-corrected chi connectivity index (χ3v) is 6.23. The molecule has 40 heavy (non-hydrogen) atoms. The van der Waals surface area contributed by atoms with Crippen molar-refractivity contribution >= 4 is 23.2 Å². The summed E-state index contributed by atoms with van der Waals surface area (Å²) < 4.78 is 39.7. The summed E-state index contributed by atoms with van der Waals surface area (Å²) in [5, 5.41) is 10.5. The molecule has 7 heteroatoms. The van der Waals surface area contributed by atoms with Crippen molar-refractivity contribution in [2.24, 2.45) is 0 Å². The zero-order chi connectivity index (χ0) is 29.2. The van der Waals surface area contributed by atoms with Gasteiger partial charge in [0.05, 0.1) is 11.6 Å². The van der Waals surface area contributed by atoms with Crippen molar-refractivity contribution in [1.29, 1.82) is 5.26 Å². The molecule has 0 atom stereocenters. The fourth-order valence-corrected chi connectivity index (χ4v) is 4.17. The molecule has 4 aromatic carbocycles. The van der Waals surface area contributed by atoms with E-state index in [9.17, 15) is 13.2 Å². The highest BCUT2D eigenvalue weighted by Crippen LogP contribution is 2.30. The van der Waals surface area contributed by atoms with Crippen LogP contribution in [0.5, 0.6) is 0 Å². The molecule has 0 aliphatic heterocycles. The quantitative estimate of drug-likeness (QED) is 0.209. The molecule has 0 saturated carbocycles. The van der Waals surface area contributed by atoms with Crippen LogP contribution >= 0.6 is 23.2 Å². The Hall–Kier alpha value is -4.11. The minimum Gasteiger partial charge on any atom is -0.262 e. The maximum absolute atomic E-state index is 13.6. The average Bonchev–Trinajstić information content (AvgIpc) is 2.90. The van der Waals surface area contributed by atoms with Gasteiger partial charge in [-0.05, 0) is 74.4 Å². The highest BCUT2D eigenvalue weighted by atomic mass is 35.5. The van der Waals surface area contributed by atoms with Gasteiger partial charge in [-0.15, -0.1) is 0 Å². The number of rotatable bonds is 2. The Morgan fingerprint density at radius 3 is 1.80 bits per heavy atom. The van der Waals surface area contributed by atoms with Crippen molar-refractivity contribution in [3.05, 3.63) is 147 Å². The lowest BCUT2D eigenvalue weighted by Gasteiger charge is -2.07. The molecule has 0 spiro atoms. The van der Waals surface area contributed by atoms with Crippen molar-refractivity contribution in [2.45, 2.75) is 20.8 Å². The SMILES string of the molecule is Cc1cc(Cl)ccn1.Cc1ccc(-c2ccc(F)cc2F)c(F)c1.Cc1ccc(-c2ccccc2Cl)c(C#N)c1. The molecule has 5 aromatic rings. The molecule has 0 amide bonds. The van der Waals surface area contributed by atoms with E-state index in [1.807, 2.05) is 62.4 Å². The summed E-state index contributed by atoms with van der Waals surface area (Å²) in [5.74, 6) is -1.94. The second kappa shape index (κ2) is 14.3. The van der Waals surface area contributed by atoms with Crippen LogP contribution in [0.15, 0.2) is 97.2 Å². The minimum atomic E-state index is -0.761. The number of hydrogen-bond acceptors (Lipinski definition) is 2. The Kier molecular flexibility index (Phi) is 10.9. The molecule has 0 aliphatic carbocycles. The topological polar surface area (TPSA) is 36.7 Å². The first-order valence-electron chi connectivity index (χ1n) is 12.1. The van der Waals surface area contributed by atoms with E-state index in [2.05, 4.69) is 11.1 Å². The molecular weight excluding hydrogens is 552 g/mol. The van der Waals surface area contributed by atoms with Crippen LogP contribution in [0.4, 0.5) is 13.2 Å². The molecular formula is C33H25Cl2F3N2. The maximum Gasteiger partial charge on any atom is 0.134 e. The fraction of sp³-hybridized carbons (Fsp3) is 0.0909. The number of halogens is 5. The Bertz CT molecular complexity index is 1600. The van der Waals surface area contributed by atoms with Crippen LogP contribution in [-0.2, 0) is 0 Å². The molecule has 1 aromatic heterocycles. The van der Waals surface area contributed by atoms with Crippen LogP contribution < -0.4 is 0 Å². The van der Waals surface area contributed by atoms with Crippen molar-refractivity contribution < 1.29 is 13.2 Å². The van der Waals surface area contributed by atoms with E-state index < -0.39 is 17.5 Å². The van der Waals surface area contributed by atoms with E-state index in [1.165, 1.54) is 18.2 Å². The van der Waals surface area contributed by atoms with E-state index in [0.717, 1.165) is 45.1 Å². The first kappa shape index (κ1) is 30.4. The van der Waals surface area contributed by atoms with E-state index in [0.29, 0.717) is 10.6 Å². The average molecular weight is 577 g/mol. The lowest BCUT2D eigenvalue weighted by atomic mass is 9.98. The standard InChI is InChI=1S/C14H10ClN.C13H9F3.C6H6ClN/c1-10-6-7-12(11(8-10)9-16)13-4-2-3-5-14(13)15;1-8-2-4-10(12(15)6-8)11-5-3-9(14)7-13(11)16;1-5-4-6(7)2-3-8-5/h2-8H,1H3;2-7H,1H3;2-4H,1H3. The molecule has 2 nitrogen and oxygen atoms in total. The summed E-state index contributed by atoms with van der Waals surface area (Å²) in [6.45, 7) is 5.62. The molecule has 0 aliphatic rings. The van der Waals surface area contributed by atoms with Gasteiger partial charge >= 0.3 is 0 Å². The normalized spacial score (nSPS) is 9.97. The summed E-state index contributed by atoms with van der Waals surface area (Å²) in [6, 6.07) is 26.7. The van der Waals surface area contributed by atoms with Crippen molar-refractivity contribution in [3.8, 4) is 28.3 Å². The van der Waals surface area contributed by atoms with Gasteiger partial charge in [-0.3, -0.25) is 4.98 Å². The monoisotopic (exact) mass is 576 g/mol. The third-order valence-electron chi connectivity index (χ3n) is 5.66. The van der Waals surface area contributed by atoms with Crippen molar-refractivity contribution in [1.82, 2.24) is 4.98 Å². The zero-order valence-electron chi connectivity index (χ0n) is 22.0. The first-order chi connectivity index (χ1) is 19.1. The highest BCUT2D eigenvalue weighted by Gasteiger charge is 2.11. The van der Waals surface area contributed by atoms with Crippen LogP contribution in [0.25, 0.3) is 22.3 Å². The van der Waals surface area contributed by atoms with Gasteiger partial charge in [0, 0.05) is 50.3 Å².